The van der Waals surface area contributed by atoms with Gasteiger partial charge in [0.1, 0.15) is 0 Å². The van der Waals surface area contributed by atoms with Crippen LogP contribution in [0.1, 0.15) is 25.3 Å². The van der Waals surface area contributed by atoms with E-state index in [2.05, 4.69) is 16.9 Å². The summed E-state index contributed by atoms with van der Waals surface area (Å²) in [7, 11) is -0.309. The van der Waals surface area contributed by atoms with Crippen LogP contribution in [0.3, 0.4) is 0 Å². The summed E-state index contributed by atoms with van der Waals surface area (Å²) in [6.45, 7) is 3.90. The SMILES string of the molecule is COc1ccc(CCn2c(-c3cccc(S(=O)(=O)N4CCCC(C)C4)c3)csc2=Nc2ccccc2)cc1OC. The normalized spacial score (nSPS) is 16.7. The molecule has 1 atom stereocenters. The molecule has 0 aliphatic carbocycles. The van der Waals surface area contributed by atoms with Crippen LogP contribution in [-0.2, 0) is 23.0 Å². The second-order valence-electron chi connectivity index (χ2n) is 10.1. The first-order chi connectivity index (χ1) is 19.4. The van der Waals surface area contributed by atoms with Crippen molar-refractivity contribution in [2.24, 2.45) is 10.9 Å². The maximum Gasteiger partial charge on any atom is 0.243 e. The number of ether oxygens (including phenoxy) is 2. The Hall–Kier alpha value is -3.40. The Morgan fingerprint density at radius 1 is 0.975 bits per heavy atom. The largest absolute Gasteiger partial charge is 0.493 e. The summed E-state index contributed by atoms with van der Waals surface area (Å²) >= 11 is 1.55. The third-order valence-electron chi connectivity index (χ3n) is 7.24. The Kier molecular flexibility index (Phi) is 8.73. The number of aryl methyl sites for hydroxylation is 1. The highest BCUT2D eigenvalue weighted by Gasteiger charge is 2.29. The first-order valence-corrected chi connectivity index (χ1v) is 15.8. The van der Waals surface area contributed by atoms with Gasteiger partial charge in [-0.25, -0.2) is 13.4 Å². The molecular formula is C31H35N3O4S2. The van der Waals surface area contributed by atoms with Crippen molar-refractivity contribution in [1.29, 1.82) is 0 Å². The van der Waals surface area contributed by atoms with Gasteiger partial charge in [0, 0.05) is 30.6 Å². The van der Waals surface area contributed by atoms with Gasteiger partial charge in [-0.2, -0.15) is 4.31 Å². The highest BCUT2D eigenvalue weighted by Crippen LogP contribution is 2.30. The zero-order valence-corrected chi connectivity index (χ0v) is 24.7. The first-order valence-electron chi connectivity index (χ1n) is 13.5. The summed E-state index contributed by atoms with van der Waals surface area (Å²) in [4.78, 5) is 6.10. The molecule has 9 heteroatoms. The summed E-state index contributed by atoms with van der Waals surface area (Å²) in [5, 5.41) is 2.06. The average molecular weight is 578 g/mol. The minimum absolute atomic E-state index is 0.332. The summed E-state index contributed by atoms with van der Waals surface area (Å²) in [5.74, 6) is 1.75. The van der Waals surface area contributed by atoms with Gasteiger partial charge in [-0.05, 0) is 67.1 Å². The van der Waals surface area contributed by atoms with Gasteiger partial charge in [0.2, 0.25) is 10.0 Å². The average Bonchev–Trinajstić information content (AvgIpc) is 3.38. The molecule has 2 heterocycles. The van der Waals surface area contributed by atoms with Gasteiger partial charge < -0.3 is 14.0 Å². The van der Waals surface area contributed by atoms with E-state index < -0.39 is 10.0 Å². The predicted octanol–water partition coefficient (Wildman–Crippen LogP) is 6.13. The van der Waals surface area contributed by atoms with Crippen molar-refractivity contribution >= 4 is 27.0 Å². The molecule has 5 rings (SSSR count). The van der Waals surface area contributed by atoms with Crippen molar-refractivity contribution < 1.29 is 17.9 Å². The summed E-state index contributed by atoms with van der Waals surface area (Å²) in [6.07, 6.45) is 2.69. The molecule has 210 valence electrons. The van der Waals surface area contributed by atoms with E-state index in [1.165, 1.54) is 0 Å². The molecule has 1 aliphatic heterocycles. The molecule has 0 spiro atoms. The lowest BCUT2D eigenvalue weighted by Crippen LogP contribution is -2.39. The molecule has 7 nitrogen and oxygen atoms in total. The summed E-state index contributed by atoms with van der Waals surface area (Å²) < 4.78 is 41.8. The van der Waals surface area contributed by atoms with Gasteiger partial charge in [-0.15, -0.1) is 11.3 Å². The molecule has 1 unspecified atom stereocenters. The molecule has 0 radical (unpaired) electrons. The molecule has 0 amide bonds. The van der Waals surface area contributed by atoms with Crippen molar-refractivity contribution in [3.63, 3.8) is 0 Å². The van der Waals surface area contributed by atoms with E-state index in [1.54, 1.807) is 42.0 Å². The molecule has 0 bridgehead atoms. The van der Waals surface area contributed by atoms with Crippen LogP contribution >= 0.6 is 11.3 Å². The van der Waals surface area contributed by atoms with Crippen LogP contribution in [0.4, 0.5) is 5.69 Å². The highest BCUT2D eigenvalue weighted by atomic mass is 32.2. The topological polar surface area (TPSA) is 73.1 Å². The molecule has 3 aromatic carbocycles. The van der Waals surface area contributed by atoms with E-state index >= 15 is 0 Å². The number of rotatable bonds is 9. The smallest absolute Gasteiger partial charge is 0.243 e. The Labute approximate surface area is 240 Å². The van der Waals surface area contributed by atoms with Gasteiger partial charge in [-0.3, -0.25) is 0 Å². The zero-order valence-electron chi connectivity index (χ0n) is 23.1. The molecule has 0 saturated carbocycles. The van der Waals surface area contributed by atoms with Crippen molar-refractivity contribution in [2.45, 2.75) is 37.6 Å². The van der Waals surface area contributed by atoms with Crippen molar-refractivity contribution in [2.75, 3.05) is 27.3 Å². The van der Waals surface area contributed by atoms with E-state index in [1.807, 2.05) is 60.7 Å². The summed E-state index contributed by atoms with van der Waals surface area (Å²) in [5.41, 5.74) is 3.75. The molecule has 1 saturated heterocycles. The van der Waals surface area contributed by atoms with E-state index in [9.17, 15) is 8.42 Å². The maximum absolute atomic E-state index is 13.6. The monoisotopic (exact) mass is 577 g/mol. The lowest BCUT2D eigenvalue weighted by molar-refractivity contribution is 0.281. The van der Waals surface area contributed by atoms with Crippen molar-refractivity contribution in [3.8, 4) is 22.8 Å². The third-order valence-corrected chi connectivity index (χ3v) is 9.96. The second-order valence-corrected chi connectivity index (χ2v) is 12.9. The fraction of sp³-hybridized carbons (Fsp3) is 0.323. The molecule has 0 N–H and O–H groups in total. The van der Waals surface area contributed by atoms with Gasteiger partial charge >= 0.3 is 0 Å². The number of hydrogen-bond acceptors (Lipinski definition) is 6. The first kappa shape index (κ1) is 28.1. The van der Waals surface area contributed by atoms with Crippen LogP contribution in [0.25, 0.3) is 11.3 Å². The van der Waals surface area contributed by atoms with E-state index in [4.69, 9.17) is 14.5 Å². The van der Waals surface area contributed by atoms with Crippen LogP contribution in [0, 0.1) is 5.92 Å². The molecular weight excluding hydrogens is 542 g/mol. The molecule has 40 heavy (non-hydrogen) atoms. The number of hydrogen-bond donors (Lipinski definition) is 0. The second kappa shape index (κ2) is 12.4. The number of nitrogens with zero attached hydrogens (tertiary/aromatic N) is 3. The fourth-order valence-corrected chi connectivity index (χ4v) is 7.69. The quantitative estimate of drug-likeness (QED) is 0.240. The number of para-hydroxylation sites is 1. The molecule has 1 fully saturated rings. The number of sulfonamides is 1. The van der Waals surface area contributed by atoms with Crippen LogP contribution in [-0.4, -0.2) is 44.6 Å². The lowest BCUT2D eigenvalue weighted by atomic mass is 10.0. The minimum atomic E-state index is -3.57. The number of piperidine rings is 1. The Morgan fingerprint density at radius 3 is 2.52 bits per heavy atom. The maximum atomic E-state index is 13.6. The highest BCUT2D eigenvalue weighted by molar-refractivity contribution is 7.89. The Balaban J connectivity index is 1.52. The van der Waals surface area contributed by atoms with Crippen LogP contribution in [0.2, 0.25) is 0 Å². The molecule has 1 aliphatic rings. The predicted molar refractivity (Wildman–Crippen MR) is 160 cm³/mol. The van der Waals surface area contributed by atoms with Crippen LogP contribution < -0.4 is 14.3 Å². The Morgan fingerprint density at radius 2 is 1.77 bits per heavy atom. The Bertz CT molecular complexity index is 1630. The van der Waals surface area contributed by atoms with E-state index in [-0.39, 0.29) is 0 Å². The van der Waals surface area contributed by atoms with Crippen molar-refractivity contribution in [1.82, 2.24) is 8.87 Å². The number of benzene rings is 3. The van der Waals surface area contributed by atoms with Gasteiger partial charge in [0.15, 0.2) is 16.3 Å². The standard InChI is InChI=1S/C31H35N3O4S2/c1-23-9-8-17-33(21-23)40(35,36)27-13-7-10-25(20-27)28-22-39-31(32-26-11-5-4-6-12-26)34(28)18-16-24-14-15-29(37-2)30(19-24)38-3/h4-7,10-15,19-20,22-23H,8-9,16-18,21H2,1-3H3. The lowest BCUT2D eigenvalue weighted by Gasteiger charge is -2.30. The molecule has 1 aromatic heterocycles. The van der Waals surface area contributed by atoms with Gasteiger partial charge in [-0.1, -0.05) is 43.3 Å². The number of methoxy groups -OCH3 is 2. The van der Waals surface area contributed by atoms with Gasteiger partial charge in [0.25, 0.3) is 0 Å². The zero-order chi connectivity index (χ0) is 28.1. The van der Waals surface area contributed by atoms with Crippen molar-refractivity contribution in [3.05, 3.63) is 88.5 Å². The van der Waals surface area contributed by atoms with E-state index in [0.717, 1.165) is 46.6 Å². The number of thiazole rings is 1. The van der Waals surface area contributed by atoms with Crippen LogP contribution in [0.15, 0.2) is 88.1 Å². The summed E-state index contributed by atoms with van der Waals surface area (Å²) in [6, 6.07) is 23.1. The van der Waals surface area contributed by atoms with Crippen LogP contribution in [0.5, 0.6) is 11.5 Å². The number of aromatic nitrogens is 1. The third kappa shape index (κ3) is 6.16. The minimum Gasteiger partial charge on any atom is -0.493 e. The van der Waals surface area contributed by atoms with Gasteiger partial charge in [0.05, 0.1) is 30.5 Å². The fourth-order valence-electron chi connectivity index (χ4n) is 5.09. The molecule has 4 aromatic rings. The van der Waals surface area contributed by atoms with E-state index in [0.29, 0.717) is 41.9 Å².